The van der Waals surface area contributed by atoms with Crippen molar-refractivity contribution in [3.05, 3.63) is 89.5 Å². The van der Waals surface area contributed by atoms with Gasteiger partial charge in [0.2, 0.25) is 0 Å². The first-order chi connectivity index (χ1) is 16.3. The van der Waals surface area contributed by atoms with Crippen LogP contribution in [0, 0.1) is 0 Å². The summed E-state index contributed by atoms with van der Waals surface area (Å²) in [5.74, 6) is 1.27. The van der Waals surface area contributed by atoms with Crippen molar-refractivity contribution in [2.24, 2.45) is 0 Å². The van der Waals surface area contributed by atoms with Crippen molar-refractivity contribution in [1.82, 2.24) is 15.3 Å². The molecule has 7 nitrogen and oxygen atoms in total. The highest BCUT2D eigenvalue weighted by Gasteiger charge is 2.18. The number of carbonyl (C=O) groups is 1. The molecule has 0 saturated heterocycles. The van der Waals surface area contributed by atoms with Crippen LogP contribution in [0.3, 0.4) is 0 Å². The highest BCUT2D eigenvalue weighted by Crippen LogP contribution is 2.20. The lowest BCUT2D eigenvalue weighted by Gasteiger charge is -2.23. The Balaban J connectivity index is 1.79. The molecule has 180 valence electrons. The topological polar surface area (TPSA) is 57.3 Å². The molecular formula is C27H34N4O3. The average Bonchev–Trinajstić information content (AvgIpc) is 2.83. The number of rotatable bonds is 10. The molecule has 0 spiro atoms. The fraction of sp³-hybridized carbons (Fsp3) is 0.296. The van der Waals surface area contributed by atoms with Crippen molar-refractivity contribution in [3.8, 4) is 11.5 Å². The number of nitrogens with zero attached hydrogens (tertiary/aromatic N) is 3. The summed E-state index contributed by atoms with van der Waals surface area (Å²) >= 11 is 0. The van der Waals surface area contributed by atoms with E-state index in [-0.39, 0.29) is 0 Å². The van der Waals surface area contributed by atoms with Crippen LogP contribution >= 0.6 is 0 Å². The lowest BCUT2D eigenvalue weighted by atomic mass is 10.1. The Morgan fingerprint density at radius 2 is 1.41 bits per heavy atom. The van der Waals surface area contributed by atoms with Gasteiger partial charge in [0.25, 0.3) is 0 Å². The summed E-state index contributed by atoms with van der Waals surface area (Å²) in [6.45, 7) is 1.46. The minimum atomic E-state index is -0.405. The second-order valence-corrected chi connectivity index (χ2v) is 8.51. The summed E-state index contributed by atoms with van der Waals surface area (Å²) in [5.41, 5.74) is 7.34. The van der Waals surface area contributed by atoms with Gasteiger partial charge in [-0.2, -0.15) is 0 Å². The predicted molar refractivity (Wildman–Crippen MR) is 136 cm³/mol. The molecule has 3 aromatic rings. The number of nitrogens with one attached hydrogen (secondary N) is 1. The Morgan fingerprint density at radius 1 is 0.794 bits per heavy atom. The minimum absolute atomic E-state index is 0.396. The van der Waals surface area contributed by atoms with E-state index in [9.17, 15) is 4.79 Å². The van der Waals surface area contributed by atoms with Crippen molar-refractivity contribution in [2.75, 3.05) is 40.2 Å². The Labute approximate surface area is 202 Å². The molecule has 0 saturated carbocycles. The second kappa shape index (κ2) is 12.1. The van der Waals surface area contributed by atoms with Gasteiger partial charge in [-0.05, 0) is 53.1 Å². The van der Waals surface area contributed by atoms with Crippen molar-refractivity contribution in [3.63, 3.8) is 0 Å². The van der Waals surface area contributed by atoms with Crippen LogP contribution < -0.4 is 19.8 Å². The summed E-state index contributed by atoms with van der Waals surface area (Å²) in [4.78, 5) is 17.0. The third-order valence-corrected chi connectivity index (χ3v) is 5.29. The SMILES string of the molecule is COc1cccc(CN(Cc2ccc(N(C)C)cc2)C(=O)Oc2cccc(CNN(C)C)c2)c1. The Bertz CT molecular complexity index is 1070. The van der Waals surface area contributed by atoms with Crippen LogP contribution in [0.2, 0.25) is 0 Å². The molecule has 3 aromatic carbocycles. The number of amides is 1. The quantitative estimate of drug-likeness (QED) is 0.447. The van der Waals surface area contributed by atoms with Crippen molar-refractivity contribution in [1.29, 1.82) is 0 Å². The van der Waals surface area contributed by atoms with Crippen LogP contribution in [0.5, 0.6) is 11.5 Å². The third kappa shape index (κ3) is 7.50. The second-order valence-electron chi connectivity index (χ2n) is 8.51. The Kier molecular flexibility index (Phi) is 8.90. The third-order valence-electron chi connectivity index (χ3n) is 5.29. The van der Waals surface area contributed by atoms with Crippen LogP contribution in [-0.4, -0.2) is 51.3 Å². The molecule has 0 radical (unpaired) electrons. The van der Waals surface area contributed by atoms with Gasteiger partial charge in [-0.25, -0.2) is 4.79 Å². The molecule has 34 heavy (non-hydrogen) atoms. The summed E-state index contributed by atoms with van der Waals surface area (Å²) in [6, 6.07) is 23.5. The lowest BCUT2D eigenvalue weighted by molar-refractivity contribution is 0.146. The first kappa shape index (κ1) is 25.1. The Hall–Kier alpha value is -3.55. The molecule has 0 aliphatic heterocycles. The van der Waals surface area contributed by atoms with Gasteiger partial charge in [-0.3, -0.25) is 15.3 Å². The van der Waals surface area contributed by atoms with Gasteiger partial charge in [0.05, 0.1) is 7.11 Å². The molecule has 0 aliphatic rings. The molecule has 0 aliphatic carbocycles. The van der Waals surface area contributed by atoms with Crippen LogP contribution in [0.25, 0.3) is 0 Å². The lowest BCUT2D eigenvalue weighted by Crippen LogP contribution is -2.33. The number of hydrogen-bond donors (Lipinski definition) is 1. The molecule has 0 bridgehead atoms. The van der Waals surface area contributed by atoms with E-state index in [4.69, 9.17) is 9.47 Å². The maximum Gasteiger partial charge on any atom is 0.415 e. The fourth-order valence-electron chi connectivity index (χ4n) is 3.43. The van der Waals surface area contributed by atoms with Gasteiger partial charge in [0.1, 0.15) is 11.5 Å². The summed E-state index contributed by atoms with van der Waals surface area (Å²) in [6.07, 6.45) is -0.405. The number of methoxy groups -OCH3 is 1. The highest BCUT2D eigenvalue weighted by atomic mass is 16.6. The van der Waals surface area contributed by atoms with Gasteiger partial charge >= 0.3 is 6.09 Å². The zero-order valence-electron chi connectivity index (χ0n) is 20.6. The number of anilines is 1. The molecular weight excluding hydrogens is 428 g/mol. The molecule has 7 heteroatoms. The van der Waals surface area contributed by atoms with E-state index in [1.807, 2.05) is 105 Å². The van der Waals surface area contributed by atoms with Crippen molar-refractivity contribution >= 4 is 11.8 Å². The van der Waals surface area contributed by atoms with Crippen LogP contribution in [-0.2, 0) is 19.6 Å². The van der Waals surface area contributed by atoms with E-state index in [1.165, 1.54) is 0 Å². The molecule has 0 fully saturated rings. The van der Waals surface area contributed by atoms with Gasteiger partial charge in [-0.15, -0.1) is 0 Å². The van der Waals surface area contributed by atoms with E-state index in [0.29, 0.717) is 25.4 Å². The van der Waals surface area contributed by atoms with E-state index in [1.54, 1.807) is 18.1 Å². The van der Waals surface area contributed by atoms with E-state index in [2.05, 4.69) is 5.43 Å². The summed E-state index contributed by atoms with van der Waals surface area (Å²) in [7, 11) is 9.51. The molecule has 0 heterocycles. The van der Waals surface area contributed by atoms with E-state index in [0.717, 1.165) is 28.1 Å². The number of carbonyl (C=O) groups excluding carboxylic acids is 1. The van der Waals surface area contributed by atoms with Crippen molar-refractivity contribution in [2.45, 2.75) is 19.6 Å². The first-order valence-electron chi connectivity index (χ1n) is 11.2. The normalized spacial score (nSPS) is 10.8. The molecule has 3 rings (SSSR count). The number of hydrazine groups is 1. The van der Waals surface area contributed by atoms with Gasteiger partial charge < -0.3 is 14.4 Å². The van der Waals surface area contributed by atoms with Crippen LogP contribution in [0.4, 0.5) is 10.5 Å². The van der Waals surface area contributed by atoms with Gasteiger partial charge in [0.15, 0.2) is 0 Å². The summed E-state index contributed by atoms with van der Waals surface area (Å²) < 4.78 is 11.1. The standard InChI is InChI=1S/C27H34N4O3/c1-29(2)24-14-12-21(13-15-24)19-31(20-23-9-7-10-25(17-23)33-5)27(32)34-26-11-6-8-22(16-26)18-28-30(3)4/h6-17,28H,18-20H2,1-5H3. The molecule has 0 atom stereocenters. The zero-order chi connectivity index (χ0) is 24.5. The zero-order valence-corrected chi connectivity index (χ0v) is 20.6. The predicted octanol–water partition coefficient (Wildman–Crippen LogP) is 4.53. The highest BCUT2D eigenvalue weighted by molar-refractivity contribution is 5.71. The smallest absolute Gasteiger partial charge is 0.415 e. The summed E-state index contributed by atoms with van der Waals surface area (Å²) in [5, 5.41) is 1.89. The Morgan fingerprint density at radius 3 is 2.06 bits per heavy atom. The van der Waals surface area contributed by atoms with E-state index < -0.39 is 6.09 Å². The van der Waals surface area contributed by atoms with Crippen LogP contribution in [0.1, 0.15) is 16.7 Å². The largest absolute Gasteiger partial charge is 0.497 e. The van der Waals surface area contributed by atoms with Crippen LogP contribution in [0.15, 0.2) is 72.8 Å². The average molecular weight is 463 g/mol. The van der Waals surface area contributed by atoms with Gasteiger partial charge in [0, 0.05) is 53.5 Å². The maximum absolute atomic E-state index is 13.3. The minimum Gasteiger partial charge on any atom is -0.497 e. The number of benzene rings is 3. The monoisotopic (exact) mass is 462 g/mol. The molecule has 0 aromatic heterocycles. The van der Waals surface area contributed by atoms with Crippen molar-refractivity contribution < 1.29 is 14.3 Å². The molecule has 1 N–H and O–H groups in total. The molecule has 0 unspecified atom stereocenters. The number of ether oxygens (including phenoxy) is 2. The molecule has 1 amide bonds. The van der Waals surface area contributed by atoms with E-state index >= 15 is 0 Å². The maximum atomic E-state index is 13.3. The fourth-order valence-corrected chi connectivity index (χ4v) is 3.43. The number of hydrogen-bond acceptors (Lipinski definition) is 6. The van der Waals surface area contributed by atoms with Gasteiger partial charge in [-0.1, -0.05) is 36.4 Å². The first-order valence-corrected chi connectivity index (χ1v) is 11.2.